The van der Waals surface area contributed by atoms with Crippen molar-refractivity contribution in [2.45, 2.75) is 19.1 Å². The standard InChI is InChI=1S/C37H25BrN2O3/c1-21-10-13-25(26-7-5-8-29(34(21)26)33(42)19-41)22-11-14-28-30(16-22)31-17-24(38)12-15-27(31)35-36(28)43-37(20-39-35)18-23-6-3-4-9-32(23)40(37)2/h3-17,19-20H,18H2,1-2H3. The predicted octanol–water partition coefficient (Wildman–Crippen LogP) is 8.75. The molecule has 1 atom stereocenters. The number of aryl methyl sites for hydroxylation is 1. The zero-order chi connectivity index (χ0) is 29.5. The summed E-state index contributed by atoms with van der Waals surface area (Å²) in [5.74, 6) is 0.253. The molecule has 6 aromatic carbocycles. The molecular weight excluding hydrogens is 600 g/mol. The van der Waals surface area contributed by atoms with Crippen molar-refractivity contribution in [3.05, 3.63) is 112 Å². The van der Waals surface area contributed by atoms with E-state index < -0.39 is 11.5 Å². The monoisotopic (exact) mass is 624 g/mol. The van der Waals surface area contributed by atoms with Gasteiger partial charge in [-0.3, -0.25) is 14.6 Å². The summed E-state index contributed by atoms with van der Waals surface area (Å²) in [6.07, 6.45) is 3.05. The second-order valence-corrected chi connectivity index (χ2v) is 12.3. The lowest BCUT2D eigenvalue weighted by atomic mass is 9.89. The smallest absolute Gasteiger partial charge is 0.225 e. The number of hydrogen-bond acceptors (Lipinski definition) is 5. The second-order valence-electron chi connectivity index (χ2n) is 11.3. The molecule has 0 amide bonds. The van der Waals surface area contributed by atoms with Gasteiger partial charge in [-0.15, -0.1) is 0 Å². The Morgan fingerprint density at radius 2 is 1.72 bits per heavy atom. The number of aldehydes is 1. The Kier molecular flexibility index (Phi) is 5.62. The number of fused-ring (bicyclic) bond motifs is 8. The molecule has 0 N–H and O–H groups in total. The first-order valence-electron chi connectivity index (χ1n) is 14.2. The van der Waals surface area contributed by atoms with E-state index in [-0.39, 0.29) is 0 Å². The molecule has 0 saturated heterocycles. The molecule has 0 aromatic heterocycles. The van der Waals surface area contributed by atoms with Crippen LogP contribution in [-0.4, -0.2) is 31.1 Å². The van der Waals surface area contributed by atoms with E-state index in [2.05, 4.69) is 88.5 Å². The van der Waals surface area contributed by atoms with Crippen molar-refractivity contribution in [3.8, 4) is 16.9 Å². The molecule has 2 aliphatic rings. The fourth-order valence-corrected chi connectivity index (χ4v) is 7.21. The third kappa shape index (κ3) is 3.73. The fourth-order valence-electron chi connectivity index (χ4n) is 6.85. The van der Waals surface area contributed by atoms with Crippen molar-refractivity contribution in [1.29, 1.82) is 0 Å². The molecule has 2 heterocycles. The summed E-state index contributed by atoms with van der Waals surface area (Å²) in [6, 6.07) is 30.7. The first-order valence-corrected chi connectivity index (χ1v) is 14.9. The average Bonchev–Trinajstić information content (AvgIpc) is 3.30. The Bertz CT molecular complexity index is 2240. The van der Waals surface area contributed by atoms with E-state index in [1.807, 2.05) is 37.4 Å². The normalized spacial score (nSPS) is 17.0. The highest BCUT2D eigenvalue weighted by Crippen LogP contribution is 2.51. The van der Waals surface area contributed by atoms with Crippen molar-refractivity contribution in [2.75, 3.05) is 11.9 Å². The molecule has 1 unspecified atom stereocenters. The zero-order valence-electron chi connectivity index (χ0n) is 23.5. The average molecular weight is 626 g/mol. The molecule has 0 bridgehead atoms. The number of ketones is 1. The van der Waals surface area contributed by atoms with E-state index in [0.29, 0.717) is 18.3 Å². The molecule has 1 spiro atoms. The van der Waals surface area contributed by atoms with Crippen molar-refractivity contribution in [3.63, 3.8) is 0 Å². The van der Waals surface area contributed by atoms with Crippen LogP contribution in [0.25, 0.3) is 43.4 Å². The number of likely N-dealkylation sites (N-methyl/N-ethyl adjacent to an activating group) is 1. The predicted molar refractivity (Wildman–Crippen MR) is 177 cm³/mol. The second kappa shape index (κ2) is 9.35. The number of para-hydroxylation sites is 1. The number of rotatable bonds is 3. The van der Waals surface area contributed by atoms with Crippen molar-refractivity contribution < 1.29 is 14.3 Å². The van der Waals surface area contributed by atoms with Gasteiger partial charge in [0.15, 0.2) is 12.0 Å². The van der Waals surface area contributed by atoms with Gasteiger partial charge in [-0.1, -0.05) is 76.6 Å². The third-order valence-corrected chi connectivity index (χ3v) is 9.47. The number of halogens is 1. The van der Waals surface area contributed by atoms with Gasteiger partial charge in [0.1, 0.15) is 5.69 Å². The van der Waals surface area contributed by atoms with Crippen LogP contribution in [0.15, 0.2) is 100 Å². The van der Waals surface area contributed by atoms with Crippen molar-refractivity contribution in [1.82, 2.24) is 0 Å². The van der Waals surface area contributed by atoms with Crippen LogP contribution in [0.4, 0.5) is 11.4 Å². The van der Waals surface area contributed by atoms with Gasteiger partial charge < -0.3 is 9.64 Å². The van der Waals surface area contributed by atoms with Gasteiger partial charge in [0.25, 0.3) is 0 Å². The van der Waals surface area contributed by atoms with E-state index in [0.717, 1.165) is 70.6 Å². The Morgan fingerprint density at radius 3 is 2.56 bits per heavy atom. The summed E-state index contributed by atoms with van der Waals surface area (Å²) in [7, 11) is 2.06. The van der Waals surface area contributed by atoms with E-state index in [1.54, 1.807) is 6.07 Å². The number of aliphatic imine (C=N–C) groups is 1. The lowest BCUT2D eigenvalue weighted by molar-refractivity contribution is -0.104. The van der Waals surface area contributed by atoms with Gasteiger partial charge in [0, 0.05) is 40.0 Å². The summed E-state index contributed by atoms with van der Waals surface area (Å²) < 4.78 is 7.99. The highest BCUT2D eigenvalue weighted by molar-refractivity contribution is 9.10. The van der Waals surface area contributed by atoms with Gasteiger partial charge in [-0.05, 0) is 81.1 Å². The van der Waals surface area contributed by atoms with Crippen molar-refractivity contribution in [2.24, 2.45) is 4.99 Å². The van der Waals surface area contributed by atoms with Crippen LogP contribution < -0.4 is 9.64 Å². The molecule has 6 heteroatoms. The van der Waals surface area contributed by atoms with Crippen LogP contribution in [-0.2, 0) is 11.2 Å². The number of carbonyl (C=O) groups is 2. The molecule has 2 aliphatic heterocycles. The maximum Gasteiger partial charge on any atom is 0.225 e. The maximum atomic E-state index is 12.5. The molecule has 0 aliphatic carbocycles. The SMILES string of the molecule is Cc1ccc(-c2ccc3c4c(c5ccc(Br)cc5c3c2)N=CC2(Cc3ccccc3N2C)O4)c2cccc(C(=O)C=O)c12. The van der Waals surface area contributed by atoms with E-state index in [9.17, 15) is 9.59 Å². The number of benzene rings is 6. The number of hydrogen-bond donors (Lipinski definition) is 0. The lowest BCUT2D eigenvalue weighted by Crippen LogP contribution is -2.52. The lowest BCUT2D eigenvalue weighted by Gasteiger charge is -2.38. The fraction of sp³-hybridized carbons (Fsp3) is 0.108. The molecule has 0 radical (unpaired) electrons. The number of carbonyl (C=O) groups excluding carboxylic acids is 2. The van der Waals surface area contributed by atoms with E-state index in [4.69, 9.17) is 9.73 Å². The van der Waals surface area contributed by atoms with Crippen molar-refractivity contribution >= 4 is 77.9 Å². The van der Waals surface area contributed by atoms with Gasteiger partial charge in [-0.25, -0.2) is 0 Å². The minimum Gasteiger partial charge on any atom is -0.459 e. The Labute approximate surface area is 256 Å². The van der Waals surface area contributed by atoms with Crippen LogP contribution in [0.2, 0.25) is 0 Å². The van der Waals surface area contributed by atoms with Gasteiger partial charge in [0.05, 0.1) is 6.21 Å². The van der Waals surface area contributed by atoms with E-state index >= 15 is 0 Å². The van der Waals surface area contributed by atoms with Crippen LogP contribution in [0.1, 0.15) is 21.5 Å². The molecule has 208 valence electrons. The first kappa shape index (κ1) is 25.9. The Hall–Kier alpha value is -4.81. The molecule has 0 saturated carbocycles. The molecule has 0 fully saturated rings. The molecule has 6 aromatic rings. The Balaban J connectivity index is 1.37. The third-order valence-electron chi connectivity index (χ3n) is 8.98. The zero-order valence-corrected chi connectivity index (χ0v) is 25.1. The number of nitrogens with zero attached hydrogens (tertiary/aromatic N) is 2. The summed E-state index contributed by atoms with van der Waals surface area (Å²) >= 11 is 3.68. The number of anilines is 1. The largest absolute Gasteiger partial charge is 0.459 e. The first-order chi connectivity index (χ1) is 20.9. The van der Waals surface area contributed by atoms with Gasteiger partial charge in [0.2, 0.25) is 11.5 Å². The summed E-state index contributed by atoms with van der Waals surface area (Å²) in [6.45, 7) is 1.97. The number of Topliss-reactive ketones (excluding diaryl/α,β-unsaturated/α-hetero) is 1. The Morgan fingerprint density at radius 1 is 0.907 bits per heavy atom. The van der Waals surface area contributed by atoms with Crippen LogP contribution in [0, 0.1) is 6.92 Å². The molecule has 43 heavy (non-hydrogen) atoms. The highest BCUT2D eigenvalue weighted by atomic mass is 79.9. The van der Waals surface area contributed by atoms with Crippen LogP contribution in [0.5, 0.6) is 5.75 Å². The minimum absolute atomic E-state index is 0.388. The highest BCUT2D eigenvalue weighted by Gasteiger charge is 2.45. The quantitative estimate of drug-likeness (QED) is 0.0854. The van der Waals surface area contributed by atoms with E-state index in [1.165, 1.54) is 5.56 Å². The van der Waals surface area contributed by atoms with Crippen LogP contribution >= 0.6 is 15.9 Å². The topological polar surface area (TPSA) is 59.0 Å². The summed E-state index contributed by atoms with van der Waals surface area (Å²) in [5, 5.41) is 5.85. The van der Waals surface area contributed by atoms with Crippen LogP contribution in [0.3, 0.4) is 0 Å². The molecular formula is C37H25BrN2O3. The summed E-state index contributed by atoms with van der Waals surface area (Å²) in [5.41, 5.74) is 5.87. The van der Waals surface area contributed by atoms with Gasteiger partial charge in [-0.2, -0.15) is 0 Å². The van der Waals surface area contributed by atoms with Gasteiger partial charge >= 0.3 is 0 Å². The summed E-state index contributed by atoms with van der Waals surface area (Å²) in [4.78, 5) is 31.2. The maximum absolute atomic E-state index is 12.5. The molecule has 8 rings (SSSR count). The molecule has 5 nitrogen and oxygen atoms in total. The minimum atomic E-state index is -0.708. The number of ether oxygens (including phenoxy) is 1.